The molecule has 21 heavy (non-hydrogen) atoms. The van der Waals surface area contributed by atoms with Gasteiger partial charge in [0.05, 0.1) is 16.3 Å². The van der Waals surface area contributed by atoms with Gasteiger partial charge in [0.2, 0.25) is 0 Å². The zero-order valence-corrected chi connectivity index (χ0v) is 13.3. The first kappa shape index (κ1) is 15.8. The number of nitrogens with zero attached hydrogens (tertiary/aromatic N) is 1. The number of anilines is 1. The minimum Gasteiger partial charge on any atom is -0.316 e. The molecule has 0 spiro atoms. The van der Waals surface area contributed by atoms with Crippen LogP contribution in [0.3, 0.4) is 0 Å². The van der Waals surface area contributed by atoms with Crippen LogP contribution in [0.2, 0.25) is 5.02 Å². The van der Waals surface area contributed by atoms with E-state index in [9.17, 15) is 8.42 Å². The smallest absolute Gasteiger partial charge is 0.261 e. The Kier molecular flexibility index (Phi) is 4.82. The van der Waals surface area contributed by atoms with Gasteiger partial charge in [-0.1, -0.05) is 11.6 Å². The molecular weight excluding hydrogens is 310 g/mol. The second-order valence-corrected chi connectivity index (χ2v) is 6.62. The number of nitrogens with one attached hydrogen (secondary N) is 2. The first-order valence-electron chi connectivity index (χ1n) is 6.31. The predicted octanol–water partition coefficient (Wildman–Crippen LogP) is 2.56. The highest BCUT2D eigenvalue weighted by Gasteiger charge is 2.17. The summed E-state index contributed by atoms with van der Waals surface area (Å²) in [5, 5.41) is 3.48. The molecule has 0 saturated heterocycles. The summed E-state index contributed by atoms with van der Waals surface area (Å²) in [6.07, 6.45) is 1.61. The lowest BCUT2D eigenvalue weighted by molar-refractivity contribution is 0.601. The van der Waals surface area contributed by atoms with Gasteiger partial charge in [-0.15, -0.1) is 0 Å². The lowest BCUT2D eigenvalue weighted by Crippen LogP contribution is -2.15. The van der Waals surface area contributed by atoms with Gasteiger partial charge in [-0.3, -0.25) is 9.71 Å². The van der Waals surface area contributed by atoms with Crippen molar-refractivity contribution in [3.8, 4) is 0 Å². The van der Waals surface area contributed by atoms with Gasteiger partial charge >= 0.3 is 0 Å². The Morgan fingerprint density at radius 3 is 2.71 bits per heavy atom. The fourth-order valence-electron chi connectivity index (χ4n) is 1.84. The lowest BCUT2D eigenvalue weighted by Gasteiger charge is -2.11. The van der Waals surface area contributed by atoms with Crippen LogP contribution in [-0.4, -0.2) is 20.4 Å². The summed E-state index contributed by atoms with van der Waals surface area (Å²) >= 11 is 6.05. The molecule has 0 amide bonds. The molecule has 0 aliphatic heterocycles. The van der Waals surface area contributed by atoms with E-state index in [1.54, 1.807) is 44.4 Å². The number of hydrogen-bond acceptors (Lipinski definition) is 4. The third-order valence-corrected chi connectivity index (χ3v) is 4.68. The Morgan fingerprint density at radius 2 is 2.05 bits per heavy atom. The minimum absolute atomic E-state index is 0.167. The van der Waals surface area contributed by atoms with Gasteiger partial charge in [0.1, 0.15) is 0 Å². The van der Waals surface area contributed by atoms with Crippen molar-refractivity contribution in [2.45, 2.75) is 18.4 Å². The molecule has 0 fully saturated rings. The molecule has 0 bridgehead atoms. The van der Waals surface area contributed by atoms with Crippen LogP contribution in [-0.2, 0) is 16.6 Å². The molecule has 112 valence electrons. The lowest BCUT2D eigenvalue weighted by atomic mass is 10.2. The average molecular weight is 326 g/mol. The van der Waals surface area contributed by atoms with Crippen LogP contribution in [0.5, 0.6) is 0 Å². The van der Waals surface area contributed by atoms with Crippen molar-refractivity contribution in [2.75, 3.05) is 11.8 Å². The van der Waals surface area contributed by atoms with Crippen molar-refractivity contribution in [1.29, 1.82) is 0 Å². The summed E-state index contributed by atoms with van der Waals surface area (Å²) in [6, 6.07) is 7.98. The number of aromatic nitrogens is 1. The first-order valence-corrected chi connectivity index (χ1v) is 8.17. The highest BCUT2D eigenvalue weighted by Crippen LogP contribution is 2.23. The van der Waals surface area contributed by atoms with Crippen LogP contribution in [0.1, 0.15) is 11.3 Å². The fraction of sp³-hybridized carbons (Fsp3) is 0.214. The highest BCUT2D eigenvalue weighted by atomic mass is 35.5. The van der Waals surface area contributed by atoms with Crippen LogP contribution in [0.15, 0.2) is 41.4 Å². The van der Waals surface area contributed by atoms with E-state index in [4.69, 9.17) is 11.6 Å². The molecule has 2 rings (SSSR count). The maximum atomic E-state index is 12.4. The van der Waals surface area contributed by atoms with Crippen molar-refractivity contribution in [3.63, 3.8) is 0 Å². The van der Waals surface area contributed by atoms with Gasteiger partial charge in [0, 0.05) is 17.8 Å². The van der Waals surface area contributed by atoms with Gasteiger partial charge in [-0.25, -0.2) is 8.42 Å². The maximum absolute atomic E-state index is 12.4. The summed E-state index contributed by atoms with van der Waals surface area (Å²) in [5.41, 5.74) is 1.80. The molecule has 1 aromatic carbocycles. The van der Waals surface area contributed by atoms with E-state index in [1.807, 2.05) is 0 Å². The van der Waals surface area contributed by atoms with Crippen molar-refractivity contribution >= 4 is 27.3 Å². The van der Waals surface area contributed by atoms with Crippen LogP contribution in [0.25, 0.3) is 0 Å². The molecule has 7 heteroatoms. The quantitative estimate of drug-likeness (QED) is 0.886. The second-order valence-electron chi connectivity index (χ2n) is 4.53. The Labute approximate surface area is 129 Å². The predicted molar refractivity (Wildman–Crippen MR) is 84.0 cm³/mol. The van der Waals surface area contributed by atoms with E-state index >= 15 is 0 Å². The molecule has 1 aromatic heterocycles. The zero-order chi connectivity index (χ0) is 15.5. The van der Waals surface area contributed by atoms with Crippen molar-refractivity contribution < 1.29 is 8.42 Å². The standard InChI is InChI=1S/C14H16ClN3O2S/c1-10-14(4-3-7-17-10)18-21(19,20)12-5-6-13(15)11(8-12)9-16-2/h3-8,16,18H,9H2,1-2H3. The highest BCUT2D eigenvalue weighted by molar-refractivity contribution is 7.92. The minimum atomic E-state index is -3.67. The number of benzene rings is 1. The van der Waals surface area contributed by atoms with Crippen molar-refractivity contribution in [2.24, 2.45) is 0 Å². The molecule has 2 aromatic rings. The summed E-state index contributed by atoms with van der Waals surface area (Å²) in [6.45, 7) is 2.24. The van der Waals surface area contributed by atoms with Gasteiger partial charge in [-0.2, -0.15) is 0 Å². The molecule has 0 radical (unpaired) electrons. The Bertz CT molecular complexity index is 748. The van der Waals surface area contributed by atoms with Crippen LogP contribution in [0.4, 0.5) is 5.69 Å². The van der Waals surface area contributed by atoms with E-state index in [1.165, 1.54) is 6.07 Å². The fourth-order valence-corrected chi connectivity index (χ4v) is 3.19. The molecule has 0 atom stereocenters. The number of hydrogen-bond donors (Lipinski definition) is 2. The third-order valence-electron chi connectivity index (χ3n) is 2.95. The molecule has 5 nitrogen and oxygen atoms in total. The van der Waals surface area contributed by atoms with Crippen LogP contribution >= 0.6 is 11.6 Å². The molecular formula is C14H16ClN3O2S. The van der Waals surface area contributed by atoms with E-state index in [-0.39, 0.29) is 4.90 Å². The third kappa shape index (κ3) is 3.72. The molecule has 0 aliphatic rings. The second kappa shape index (κ2) is 6.43. The maximum Gasteiger partial charge on any atom is 0.261 e. The molecule has 0 unspecified atom stereocenters. The molecule has 1 heterocycles. The van der Waals surface area contributed by atoms with Crippen molar-refractivity contribution in [3.05, 3.63) is 52.8 Å². The normalized spacial score (nSPS) is 11.4. The topological polar surface area (TPSA) is 71.1 Å². The Balaban J connectivity index is 2.36. The summed E-state index contributed by atoms with van der Waals surface area (Å²) in [7, 11) is -1.90. The van der Waals surface area contributed by atoms with Crippen LogP contribution < -0.4 is 10.0 Å². The van der Waals surface area contributed by atoms with Gasteiger partial charge in [0.15, 0.2) is 0 Å². The monoisotopic (exact) mass is 325 g/mol. The van der Waals surface area contributed by atoms with E-state index in [2.05, 4.69) is 15.0 Å². The van der Waals surface area contributed by atoms with Crippen LogP contribution in [0, 0.1) is 6.92 Å². The van der Waals surface area contributed by atoms with E-state index in [0.717, 1.165) is 5.56 Å². The van der Waals surface area contributed by atoms with Gasteiger partial charge < -0.3 is 5.32 Å². The number of halogens is 1. The van der Waals surface area contributed by atoms with E-state index < -0.39 is 10.0 Å². The SMILES string of the molecule is CNCc1cc(S(=O)(=O)Nc2cccnc2C)ccc1Cl. The summed E-state index contributed by atoms with van der Waals surface area (Å²) in [5.74, 6) is 0. The molecule has 0 aliphatic carbocycles. The summed E-state index contributed by atoms with van der Waals surface area (Å²) < 4.78 is 27.4. The summed E-state index contributed by atoms with van der Waals surface area (Å²) in [4.78, 5) is 4.23. The Morgan fingerprint density at radius 1 is 1.29 bits per heavy atom. The number of rotatable bonds is 5. The van der Waals surface area contributed by atoms with E-state index in [0.29, 0.717) is 22.9 Å². The number of pyridine rings is 1. The molecule has 2 N–H and O–H groups in total. The van der Waals surface area contributed by atoms with Gasteiger partial charge in [-0.05, 0) is 49.9 Å². The van der Waals surface area contributed by atoms with Crippen molar-refractivity contribution in [1.82, 2.24) is 10.3 Å². The number of aryl methyl sites for hydroxylation is 1. The van der Waals surface area contributed by atoms with Gasteiger partial charge in [0.25, 0.3) is 10.0 Å². The zero-order valence-electron chi connectivity index (χ0n) is 11.7. The Hall–Kier alpha value is -1.63. The number of sulfonamides is 1. The first-order chi connectivity index (χ1) is 9.94. The largest absolute Gasteiger partial charge is 0.316 e. The average Bonchev–Trinajstić information content (AvgIpc) is 2.44. The molecule has 0 saturated carbocycles.